The highest BCUT2D eigenvalue weighted by Crippen LogP contribution is 2.37. The van der Waals surface area contributed by atoms with E-state index >= 15 is 0 Å². The van der Waals surface area contributed by atoms with Crippen LogP contribution in [0, 0.1) is 11.8 Å². The quantitative estimate of drug-likeness (QED) is 0.696. The third kappa shape index (κ3) is 3.54. The first-order valence-corrected chi connectivity index (χ1v) is 10.6. The molecule has 5 rings (SSSR count). The van der Waals surface area contributed by atoms with Crippen molar-refractivity contribution in [2.75, 3.05) is 18.4 Å². The number of nitrogens with one attached hydrogen (secondary N) is 1. The number of hydrogen-bond donors (Lipinski definition) is 2. The summed E-state index contributed by atoms with van der Waals surface area (Å²) in [6.07, 6.45) is 8.54. The van der Waals surface area contributed by atoms with E-state index < -0.39 is 6.10 Å². The Kier molecular flexibility index (Phi) is 4.90. The van der Waals surface area contributed by atoms with Crippen LogP contribution in [0.1, 0.15) is 18.4 Å². The van der Waals surface area contributed by atoms with Crippen LogP contribution in [-0.4, -0.2) is 55.7 Å². The molecule has 30 heavy (non-hydrogen) atoms. The molecule has 2 fully saturated rings. The van der Waals surface area contributed by atoms with Crippen LogP contribution < -0.4 is 5.32 Å². The molecule has 1 amide bonds. The van der Waals surface area contributed by atoms with Gasteiger partial charge in [0, 0.05) is 49.6 Å². The molecule has 0 radical (unpaired) electrons. The van der Waals surface area contributed by atoms with Gasteiger partial charge in [0.2, 0.25) is 5.91 Å². The molecule has 4 atom stereocenters. The van der Waals surface area contributed by atoms with Gasteiger partial charge in [0.25, 0.3) is 0 Å². The van der Waals surface area contributed by atoms with E-state index in [0.717, 1.165) is 36.0 Å². The fourth-order valence-corrected chi connectivity index (χ4v) is 5.19. The third-order valence-electron chi connectivity index (χ3n) is 6.71. The number of aliphatic hydroxyl groups excluding tert-OH is 1. The number of aryl methyl sites for hydroxylation is 1. The van der Waals surface area contributed by atoms with E-state index in [-0.39, 0.29) is 11.9 Å². The average molecular weight is 406 g/mol. The second kappa shape index (κ2) is 7.72. The van der Waals surface area contributed by atoms with Gasteiger partial charge >= 0.3 is 0 Å². The van der Waals surface area contributed by atoms with Gasteiger partial charge in [-0.1, -0.05) is 18.2 Å². The van der Waals surface area contributed by atoms with E-state index in [1.807, 2.05) is 24.1 Å². The number of para-hydroxylation sites is 1. The second-order valence-electron chi connectivity index (χ2n) is 8.66. The molecule has 156 valence electrons. The van der Waals surface area contributed by atoms with Crippen LogP contribution in [0.25, 0.3) is 10.9 Å². The van der Waals surface area contributed by atoms with Crippen LogP contribution in [0.2, 0.25) is 0 Å². The van der Waals surface area contributed by atoms with Gasteiger partial charge < -0.3 is 19.9 Å². The Hall–Kier alpha value is -2.93. The molecule has 1 aromatic carbocycles. The van der Waals surface area contributed by atoms with Crippen molar-refractivity contribution in [2.24, 2.45) is 18.9 Å². The summed E-state index contributed by atoms with van der Waals surface area (Å²) < 4.78 is 2.08. The molecule has 2 aromatic heterocycles. The first-order chi connectivity index (χ1) is 14.6. The SMILES string of the molecule is Cn1cc(CC(=O)N2C[C@H]3C[C@@H](Nc4cnccn4)[C@H](O)C[C@H]3C2)c2ccccc21. The zero-order valence-electron chi connectivity index (χ0n) is 17.1. The lowest BCUT2D eigenvalue weighted by atomic mass is 9.77. The first kappa shape index (κ1) is 19.1. The fourth-order valence-electron chi connectivity index (χ4n) is 5.19. The van der Waals surface area contributed by atoms with Crippen LogP contribution in [0.15, 0.2) is 49.1 Å². The molecule has 0 bridgehead atoms. The molecule has 2 N–H and O–H groups in total. The van der Waals surface area contributed by atoms with E-state index in [4.69, 9.17) is 0 Å². The predicted molar refractivity (Wildman–Crippen MR) is 115 cm³/mol. The number of hydrogen-bond acceptors (Lipinski definition) is 5. The molecule has 1 aliphatic carbocycles. The number of carbonyl (C=O) groups is 1. The van der Waals surface area contributed by atoms with Gasteiger partial charge in [-0.05, 0) is 36.3 Å². The van der Waals surface area contributed by atoms with Gasteiger partial charge in [-0.25, -0.2) is 4.98 Å². The van der Waals surface area contributed by atoms with Crippen molar-refractivity contribution >= 4 is 22.6 Å². The van der Waals surface area contributed by atoms with Crippen LogP contribution in [0.3, 0.4) is 0 Å². The van der Waals surface area contributed by atoms with Crippen LogP contribution >= 0.6 is 0 Å². The predicted octanol–water partition coefficient (Wildman–Crippen LogP) is 2.22. The van der Waals surface area contributed by atoms with Crippen molar-refractivity contribution in [3.63, 3.8) is 0 Å². The van der Waals surface area contributed by atoms with Crippen molar-refractivity contribution in [2.45, 2.75) is 31.4 Å². The molecule has 3 heterocycles. The highest BCUT2D eigenvalue weighted by atomic mass is 16.3. The topological polar surface area (TPSA) is 83.3 Å². The van der Waals surface area contributed by atoms with Gasteiger partial charge in [0.15, 0.2) is 0 Å². The highest BCUT2D eigenvalue weighted by Gasteiger charge is 2.43. The fraction of sp³-hybridized carbons (Fsp3) is 0.435. The first-order valence-electron chi connectivity index (χ1n) is 10.6. The van der Waals surface area contributed by atoms with Crippen molar-refractivity contribution in [3.05, 3.63) is 54.6 Å². The lowest BCUT2D eigenvalue weighted by molar-refractivity contribution is -0.129. The van der Waals surface area contributed by atoms with Gasteiger partial charge in [-0.2, -0.15) is 0 Å². The molecule has 7 heteroatoms. The number of aromatic nitrogens is 3. The lowest BCUT2D eigenvalue weighted by Gasteiger charge is -2.35. The minimum absolute atomic E-state index is 0.0592. The van der Waals surface area contributed by atoms with Crippen LogP contribution in [0.5, 0.6) is 0 Å². The third-order valence-corrected chi connectivity index (χ3v) is 6.71. The van der Waals surface area contributed by atoms with Gasteiger partial charge in [0.05, 0.1) is 24.8 Å². The summed E-state index contributed by atoms with van der Waals surface area (Å²) in [4.78, 5) is 23.4. The van der Waals surface area contributed by atoms with E-state index in [9.17, 15) is 9.90 Å². The summed E-state index contributed by atoms with van der Waals surface area (Å²) >= 11 is 0. The van der Waals surface area contributed by atoms with Gasteiger partial charge in [-0.3, -0.25) is 9.78 Å². The van der Waals surface area contributed by atoms with Crippen molar-refractivity contribution in [1.82, 2.24) is 19.4 Å². The monoisotopic (exact) mass is 405 g/mol. The lowest BCUT2D eigenvalue weighted by Crippen LogP contribution is -2.43. The largest absolute Gasteiger partial charge is 0.391 e. The Labute approximate surface area is 175 Å². The molecule has 1 aliphatic heterocycles. The number of benzene rings is 1. The van der Waals surface area contributed by atoms with E-state index in [1.165, 1.54) is 0 Å². The molecular formula is C23H27N5O2. The molecular weight excluding hydrogens is 378 g/mol. The van der Waals surface area contributed by atoms with E-state index in [1.54, 1.807) is 18.6 Å². The summed E-state index contributed by atoms with van der Waals surface area (Å²) in [5, 5.41) is 15.1. The zero-order chi connectivity index (χ0) is 20.7. The van der Waals surface area contributed by atoms with Crippen LogP contribution in [0.4, 0.5) is 5.82 Å². The van der Waals surface area contributed by atoms with Crippen molar-refractivity contribution < 1.29 is 9.90 Å². The smallest absolute Gasteiger partial charge is 0.227 e. The number of anilines is 1. The number of carbonyl (C=O) groups excluding carboxylic acids is 1. The Bertz CT molecular complexity index is 1050. The summed E-state index contributed by atoms with van der Waals surface area (Å²) in [6, 6.07) is 8.15. The molecule has 3 aromatic rings. The summed E-state index contributed by atoms with van der Waals surface area (Å²) in [5.41, 5.74) is 2.23. The van der Waals surface area contributed by atoms with Gasteiger partial charge in [0.1, 0.15) is 5.82 Å². The Morgan fingerprint density at radius 3 is 2.80 bits per heavy atom. The van der Waals surface area contributed by atoms with Crippen molar-refractivity contribution in [3.8, 4) is 0 Å². The Balaban J connectivity index is 1.25. The maximum absolute atomic E-state index is 13.1. The molecule has 2 aliphatic rings. The average Bonchev–Trinajstić information content (AvgIpc) is 3.30. The van der Waals surface area contributed by atoms with Crippen LogP contribution in [-0.2, 0) is 18.3 Å². The molecule has 0 unspecified atom stereocenters. The number of aliphatic hydroxyl groups is 1. The zero-order valence-corrected chi connectivity index (χ0v) is 17.1. The Morgan fingerprint density at radius 2 is 2.00 bits per heavy atom. The second-order valence-corrected chi connectivity index (χ2v) is 8.66. The minimum Gasteiger partial charge on any atom is -0.391 e. The summed E-state index contributed by atoms with van der Waals surface area (Å²) in [6.45, 7) is 1.50. The molecule has 7 nitrogen and oxygen atoms in total. The van der Waals surface area contributed by atoms with E-state index in [0.29, 0.717) is 30.5 Å². The standard InChI is InChI=1S/C23H27N5O2/c1-27-12-17(18-4-2-3-5-20(18)27)10-23(30)28-13-15-8-19(21(29)9-16(15)14-28)26-22-11-24-6-7-25-22/h2-7,11-12,15-16,19,21,29H,8-10,13-14H2,1H3,(H,25,26)/t15-,16+,19-,21-/m1/s1. The molecule has 0 spiro atoms. The molecule has 1 saturated carbocycles. The van der Waals surface area contributed by atoms with Crippen molar-refractivity contribution in [1.29, 1.82) is 0 Å². The minimum atomic E-state index is -0.443. The number of likely N-dealkylation sites (tertiary alicyclic amines) is 1. The highest BCUT2D eigenvalue weighted by molar-refractivity contribution is 5.89. The molecule has 1 saturated heterocycles. The van der Waals surface area contributed by atoms with Gasteiger partial charge in [-0.15, -0.1) is 0 Å². The summed E-state index contributed by atoms with van der Waals surface area (Å²) in [7, 11) is 2.02. The number of amides is 1. The van der Waals surface area contributed by atoms with E-state index in [2.05, 4.69) is 38.2 Å². The number of nitrogens with zero attached hydrogens (tertiary/aromatic N) is 4. The maximum Gasteiger partial charge on any atom is 0.227 e. The number of rotatable bonds is 4. The normalized spacial score (nSPS) is 26.0. The Morgan fingerprint density at radius 1 is 1.20 bits per heavy atom. The summed E-state index contributed by atoms with van der Waals surface area (Å²) in [5.74, 6) is 1.62. The number of fused-ring (bicyclic) bond motifs is 2. The maximum atomic E-state index is 13.1.